The van der Waals surface area contributed by atoms with Gasteiger partial charge in [0.05, 0.1) is 24.7 Å². The summed E-state index contributed by atoms with van der Waals surface area (Å²) in [5.41, 5.74) is 1.16. The molecule has 2 aromatic rings. The molecule has 29 heavy (non-hydrogen) atoms. The molecule has 0 radical (unpaired) electrons. The van der Waals surface area contributed by atoms with E-state index >= 15 is 0 Å². The van der Waals surface area contributed by atoms with Crippen molar-refractivity contribution in [2.75, 3.05) is 26.1 Å². The first-order chi connectivity index (χ1) is 13.9. The molecule has 0 aliphatic heterocycles. The quantitative estimate of drug-likeness (QED) is 0.415. The number of nitrogens with zero attached hydrogens (tertiary/aromatic N) is 1. The molecule has 0 saturated heterocycles. The molecule has 1 N–H and O–H groups in total. The lowest BCUT2D eigenvalue weighted by atomic mass is 9.95. The number of hydrogen-bond donors (Lipinski definition) is 1. The molecule has 10 heteroatoms. The van der Waals surface area contributed by atoms with Gasteiger partial charge in [-0.1, -0.05) is 0 Å². The Morgan fingerprint density at radius 3 is 2.69 bits per heavy atom. The van der Waals surface area contributed by atoms with Gasteiger partial charge in [0, 0.05) is 17.0 Å². The molecule has 1 aromatic heterocycles. The summed E-state index contributed by atoms with van der Waals surface area (Å²) in [6.45, 7) is -0.329. The Bertz CT molecular complexity index is 954. The molecule has 0 bridgehead atoms. The number of thiophene rings is 1. The predicted octanol–water partition coefficient (Wildman–Crippen LogP) is 3.35. The van der Waals surface area contributed by atoms with Gasteiger partial charge in [-0.15, -0.1) is 11.3 Å². The third-order valence-corrected chi connectivity index (χ3v) is 5.74. The number of carbonyl (C=O) groups is 2. The van der Waals surface area contributed by atoms with E-state index in [-0.39, 0.29) is 23.8 Å². The molecule has 1 amide bonds. The second-order valence-electron chi connectivity index (χ2n) is 6.33. The second-order valence-corrected chi connectivity index (χ2v) is 7.44. The fraction of sp³-hybridized carbons (Fsp3) is 0.368. The van der Waals surface area contributed by atoms with Crippen LogP contribution in [0.5, 0.6) is 11.5 Å². The maximum Gasteiger partial charge on any atom is 0.341 e. The van der Waals surface area contributed by atoms with Gasteiger partial charge < -0.3 is 19.5 Å². The monoisotopic (exact) mass is 420 g/mol. The largest absolute Gasteiger partial charge is 0.490 e. The van der Waals surface area contributed by atoms with Gasteiger partial charge in [-0.05, 0) is 37.3 Å². The number of fused-ring (bicyclic) bond motifs is 1. The SMILES string of the molecule is COC(=O)c1c(NC(=O)COc2ccc([N+](=O)[O-])c(OC)c2)sc2c1CCCC2. The highest BCUT2D eigenvalue weighted by Gasteiger charge is 2.27. The summed E-state index contributed by atoms with van der Waals surface area (Å²) < 4.78 is 15.3. The van der Waals surface area contributed by atoms with Crippen LogP contribution >= 0.6 is 11.3 Å². The Balaban J connectivity index is 1.71. The van der Waals surface area contributed by atoms with E-state index in [1.807, 2.05) is 0 Å². The summed E-state index contributed by atoms with van der Waals surface area (Å²) in [7, 11) is 2.62. The molecule has 0 spiro atoms. The number of methoxy groups -OCH3 is 2. The van der Waals surface area contributed by atoms with E-state index < -0.39 is 16.8 Å². The highest BCUT2D eigenvalue weighted by atomic mass is 32.1. The van der Waals surface area contributed by atoms with E-state index in [0.29, 0.717) is 10.6 Å². The van der Waals surface area contributed by atoms with Gasteiger partial charge in [-0.25, -0.2) is 4.79 Å². The van der Waals surface area contributed by atoms with Crippen molar-refractivity contribution in [1.82, 2.24) is 0 Å². The zero-order valence-corrected chi connectivity index (χ0v) is 16.8. The van der Waals surface area contributed by atoms with Gasteiger partial charge in [-0.3, -0.25) is 14.9 Å². The molecule has 1 aliphatic rings. The number of hydrogen-bond acceptors (Lipinski definition) is 8. The van der Waals surface area contributed by atoms with Gasteiger partial charge >= 0.3 is 11.7 Å². The van der Waals surface area contributed by atoms with Crippen molar-refractivity contribution in [3.05, 3.63) is 44.3 Å². The van der Waals surface area contributed by atoms with Crippen LogP contribution in [0.1, 0.15) is 33.6 Å². The number of carbonyl (C=O) groups excluding carboxylic acids is 2. The number of nitro benzene ring substituents is 1. The Labute approximate surface area is 170 Å². The molecule has 154 valence electrons. The standard InChI is InChI=1S/C19H20N2O7S/c1-26-14-9-11(7-8-13(14)21(24)25)28-10-16(22)20-18-17(19(23)27-2)12-5-3-4-6-15(12)29-18/h7-9H,3-6,10H2,1-2H3,(H,20,22). The first-order valence-corrected chi connectivity index (χ1v) is 9.74. The fourth-order valence-electron chi connectivity index (χ4n) is 3.18. The zero-order valence-electron chi connectivity index (χ0n) is 16.0. The van der Waals surface area contributed by atoms with E-state index in [1.165, 1.54) is 43.8 Å². The molecule has 0 fully saturated rings. The van der Waals surface area contributed by atoms with Crippen molar-refractivity contribution in [3.63, 3.8) is 0 Å². The van der Waals surface area contributed by atoms with Crippen molar-refractivity contribution in [1.29, 1.82) is 0 Å². The Hall–Kier alpha value is -3.14. The van der Waals surface area contributed by atoms with Crippen LogP contribution in [0.15, 0.2) is 18.2 Å². The number of benzene rings is 1. The van der Waals surface area contributed by atoms with Crippen molar-refractivity contribution in [2.45, 2.75) is 25.7 Å². The number of anilines is 1. The molecule has 9 nitrogen and oxygen atoms in total. The topological polar surface area (TPSA) is 117 Å². The number of nitro groups is 1. The molecule has 0 atom stereocenters. The zero-order chi connectivity index (χ0) is 21.0. The van der Waals surface area contributed by atoms with E-state index in [9.17, 15) is 19.7 Å². The fourth-order valence-corrected chi connectivity index (χ4v) is 4.48. The van der Waals surface area contributed by atoms with Crippen molar-refractivity contribution in [2.24, 2.45) is 0 Å². The third kappa shape index (κ3) is 4.48. The van der Waals surface area contributed by atoms with E-state index in [1.54, 1.807) is 0 Å². The Morgan fingerprint density at radius 2 is 2.00 bits per heavy atom. The molecular weight excluding hydrogens is 400 g/mol. The lowest BCUT2D eigenvalue weighted by Crippen LogP contribution is -2.21. The van der Waals surface area contributed by atoms with Crippen molar-refractivity contribution < 1.29 is 28.7 Å². The molecule has 1 aromatic carbocycles. The number of rotatable bonds is 7. The second kappa shape index (κ2) is 8.91. The molecular formula is C19H20N2O7S. The summed E-state index contributed by atoms with van der Waals surface area (Å²) in [5, 5.41) is 14.1. The average molecular weight is 420 g/mol. The third-order valence-electron chi connectivity index (χ3n) is 4.53. The lowest BCUT2D eigenvalue weighted by molar-refractivity contribution is -0.385. The number of esters is 1. The summed E-state index contributed by atoms with van der Waals surface area (Å²) in [5.74, 6) is -0.639. The van der Waals surface area contributed by atoms with Crippen molar-refractivity contribution >= 4 is 33.9 Å². The van der Waals surface area contributed by atoms with Gasteiger partial charge in [-0.2, -0.15) is 0 Å². The average Bonchev–Trinajstić information content (AvgIpc) is 3.08. The maximum absolute atomic E-state index is 12.4. The van der Waals surface area contributed by atoms with Crippen LogP contribution in [0.25, 0.3) is 0 Å². The minimum absolute atomic E-state index is 0.0341. The predicted molar refractivity (Wildman–Crippen MR) is 106 cm³/mol. The maximum atomic E-state index is 12.4. The minimum Gasteiger partial charge on any atom is -0.490 e. The molecule has 0 saturated carbocycles. The molecule has 1 heterocycles. The van der Waals surface area contributed by atoms with Crippen molar-refractivity contribution in [3.8, 4) is 11.5 Å². The van der Waals surface area contributed by atoms with E-state index in [4.69, 9.17) is 14.2 Å². The highest BCUT2D eigenvalue weighted by Crippen LogP contribution is 2.38. The van der Waals surface area contributed by atoms with Gasteiger partial charge in [0.2, 0.25) is 5.75 Å². The summed E-state index contributed by atoms with van der Waals surface area (Å²) in [4.78, 5) is 36.1. The Morgan fingerprint density at radius 1 is 1.24 bits per heavy atom. The summed E-state index contributed by atoms with van der Waals surface area (Å²) in [6.07, 6.45) is 3.70. The first kappa shape index (κ1) is 20.6. The molecule has 0 unspecified atom stereocenters. The van der Waals surface area contributed by atoms with E-state index in [0.717, 1.165) is 36.1 Å². The van der Waals surface area contributed by atoms with Crippen LogP contribution in [0.4, 0.5) is 10.7 Å². The van der Waals surface area contributed by atoms with E-state index in [2.05, 4.69) is 5.32 Å². The van der Waals surface area contributed by atoms with Gasteiger partial charge in [0.25, 0.3) is 5.91 Å². The first-order valence-electron chi connectivity index (χ1n) is 8.92. The van der Waals surface area contributed by atoms with Crippen LogP contribution < -0.4 is 14.8 Å². The number of amides is 1. The van der Waals surface area contributed by atoms with Gasteiger partial charge in [0.15, 0.2) is 6.61 Å². The number of aryl methyl sites for hydroxylation is 1. The molecule has 3 rings (SSSR count). The van der Waals surface area contributed by atoms with Crippen LogP contribution in [0, 0.1) is 10.1 Å². The van der Waals surface area contributed by atoms with Gasteiger partial charge in [0.1, 0.15) is 10.8 Å². The lowest BCUT2D eigenvalue weighted by Gasteiger charge is -2.12. The smallest absolute Gasteiger partial charge is 0.341 e. The summed E-state index contributed by atoms with van der Waals surface area (Å²) >= 11 is 1.38. The Kier molecular flexibility index (Phi) is 6.32. The normalized spacial score (nSPS) is 12.6. The molecule has 1 aliphatic carbocycles. The number of ether oxygens (including phenoxy) is 3. The summed E-state index contributed by atoms with van der Waals surface area (Å²) in [6, 6.07) is 3.97. The highest BCUT2D eigenvalue weighted by molar-refractivity contribution is 7.17. The van der Waals surface area contributed by atoms with Crippen LogP contribution in [-0.2, 0) is 22.4 Å². The van der Waals surface area contributed by atoms with Crippen LogP contribution in [0.2, 0.25) is 0 Å². The number of nitrogens with one attached hydrogen (secondary N) is 1. The minimum atomic E-state index is -0.567. The van der Waals surface area contributed by atoms with Crippen LogP contribution in [-0.4, -0.2) is 37.6 Å². The van der Waals surface area contributed by atoms with Crippen LogP contribution in [0.3, 0.4) is 0 Å².